The molecule has 26 heavy (non-hydrogen) atoms. The number of rotatable bonds is 7. The Balaban J connectivity index is 2.04. The summed E-state index contributed by atoms with van der Waals surface area (Å²) in [6.45, 7) is -1.16. The lowest BCUT2D eigenvalue weighted by Crippen LogP contribution is -2.26. The molecule has 2 aromatic rings. The average molecular weight is 384 g/mol. The van der Waals surface area contributed by atoms with Crippen LogP contribution in [0, 0.1) is 0 Å². The first-order valence-corrected chi connectivity index (χ1v) is 9.10. The molecule has 0 radical (unpaired) electrons. The first kappa shape index (κ1) is 19.8. The van der Waals surface area contributed by atoms with Crippen molar-refractivity contribution >= 4 is 15.9 Å². The van der Waals surface area contributed by atoms with Crippen LogP contribution >= 0.6 is 0 Å². The van der Waals surface area contributed by atoms with Crippen LogP contribution in [-0.2, 0) is 10.0 Å². The molecule has 0 aliphatic rings. The van der Waals surface area contributed by atoms with E-state index in [0.29, 0.717) is 11.1 Å². The number of hydrogen-bond donors (Lipinski definition) is 2. The van der Waals surface area contributed by atoms with E-state index in [1.54, 1.807) is 19.1 Å². The van der Waals surface area contributed by atoms with Crippen LogP contribution in [0.1, 0.15) is 28.9 Å². The zero-order chi connectivity index (χ0) is 19.3. The molecule has 1 amide bonds. The van der Waals surface area contributed by atoms with Gasteiger partial charge < -0.3 is 10.1 Å². The summed E-state index contributed by atoms with van der Waals surface area (Å²) in [5.74, 6) is -0.359. The quantitative estimate of drug-likeness (QED) is 0.769. The van der Waals surface area contributed by atoms with Crippen LogP contribution in [0.3, 0.4) is 0 Å². The fraction of sp³-hybridized carbons (Fsp3) is 0.235. The molecule has 0 aromatic heterocycles. The maximum atomic E-state index is 12.3. The number of halogens is 2. The van der Waals surface area contributed by atoms with Crippen molar-refractivity contribution in [1.29, 1.82) is 0 Å². The van der Waals surface area contributed by atoms with E-state index in [1.807, 2.05) is 0 Å². The number of ether oxygens (including phenoxy) is 1. The first-order chi connectivity index (χ1) is 12.2. The Morgan fingerprint density at radius 1 is 1.04 bits per heavy atom. The summed E-state index contributed by atoms with van der Waals surface area (Å²) < 4.78 is 54.1. The average Bonchev–Trinajstić information content (AvgIpc) is 2.61. The van der Waals surface area contributed by atoms with Crippen molar-refractivity contribution in [3.8, 4) is 5.75 Å². The van der Waals surface area contributed by atoms with Gasteiger partial charge in [-0.3, -0.25) is 4.79 Å². The Kier molecular flexibility index (Phi) is 6.27. The zero-order valence-corrected chi connectivity index (χ0v) is 14.9. The van der Waals surface area contributed by atoms with Crippen LogP contribution in [0.15, 0.2) is 53.4 Å². The molecule has 2 aromatic carbocycles. The monoisotopic (exact) mass is 384 g/mol. The number of hydrogen-bond acceptors (Lipinski definition) is 4. The Labute approximate surface area is 150 Å². The molecule has 0 saturated carbocycles. The predicted octanol–water partition coefficient (Wildman–Crippen LogP) is 2.69. The Hall–Kier alpha value is -2.52. The van der Waals surface area contributed by atoms with E-state index >= 15 is 0 Å². The largest absolute Gasteiger partial charge is 0.435 e. The standard InChI is InChI=1S/C17H18F2N2O4S/c1-11(12-3-7-14(8-4-12)25-17(18)19)21-16(22)13-5-9-15(10-6-13)26(23,24)20-2/h3-11,17,20H,1-2H3,(H,21,22). The van der Waals surface area contributed by atoms with Crippen LogP contribution in [0.5, 0.6) is 5.75 Å². The molecule has 0 fully saturated rings. The number of carbonyl (C=O) groups excluding carboxylic acids is 1. The second kappa shape index (κ2) is 8.24. The van der Waals surface area contributed by atoms with Crippen molar-refractivity contribution in [2.24, 2.45) is 0 Å². The lowest BCUT2D eigenvalue weighted by molar-refractivity contribution is -0.0498. The Morgan fingerprint density at radius 3 is 2.12 bits per heavy atom. The normalized spacial score (nSPS) is 12.7. The molecule has 0 aliphatic carbocycles. The molecule has 1 atom stereocenters. The summed E-state index contributed by atoms with van der Waals surface area (Å²) in [5.41, 5.74) is 0.999. The first-order valence-electron chi connectivity index (χ1n) is 7.62. The summed E-state index contributed by atoms with van der Waals surface area (Å²) >= 11 is 0. The van der Waals surface area contributed by atoms with Gasteiger partial charge in [0.05, 0.1) is 10.9 Å². The molecule has 0 heterocycles. The van der Waals surface area contributed by atoms with Crippen LogP contribution in [-0.4, -0.2) is 28.0 Å². The second-order valence-corrected chi connectivity index (χ2v) is 7.26. The van der Waals surface area contributed by atoms with E-state index in [2.05, 4.69) is 14.8 Å². The van der Waals surface area contributed by atoms with Gasteiger partial charge in [0.1, 0.15) is 5.75 Å². The highest BCUT2D eigenvalue weighted by Crippen LogP contribution is 2.19. The van der Waals surface area contributed by atoms with E-state index in [9.17, 15) is 22.0 Å². The Bertz CT molecular complexity index is 853. The third-order valence-corrected chi connectivity index (χ3v) is 5.08. The number of carbonyl (C=O) groups is 1. The fourth-order valence-corrected chi connectivity index (χ4v) is 2.93. The molecular formula is C17H18F2N2O4S. The molecule has 0 aliphatic heterocycles. The summed E-state index contributed by atoms with van der Waals surface area (Å²) in [6, 6.07) is 11.0. The predicted molar refractivity (Wildman–Crippen MR) is 91.6 cm³/mol. The van der Waals surface area contributed by atoms with Gasteiger partial charge in [-0.05, 0) is 55.9 Å². The summed E-state index contributed by atoms with van der Waals surface area (Å²) in [7, 11) is -2.27. The molecule has 0 spiro atoms. The maximum absolute atomic E-state index is 12.3. The lowest BCUT2D eigenvalue weighted by Gasteiger charge is -2.15. The molecule has 0 bridgehead atoms. The lowest BCUT2D eigenvalue weighted by atomic mass is 10.1. The number of amides is 1. The minimum atomic E-state index is -3.57. The van der Waals surface area contributed by atoms with Crippen LogP contribution < -0.4 is 14.8 Å². The molecule has 9 heteroatoms. The van der Waals surface area contributed by atoms with Crippen LogP contribution in [0.25, 0.3) is 0 Å². The molecule has 1 unspecified atom stereocenters. The van der Waals surface area contributed by atoms with Gasteiger partial charge in [0.25, 0.3) is 5.91 Å². The van der Waals surface area contributed by atoms with Gasteiger partial charge in [-0.15, -0.1) is 0 Å². The third-order valence-electron chi connectivity index (χ3n) is 3.65. The van der Waals surface area contributed by atoms with Crippen molar-refractivity contribution in [2.75, 3.05) is 7.05 Å². The highest BCUT2D eigenvalue weighted by molar-refractivity contribution is 7.89. The minimum absolute atomic E-state index is 0.0311. The van der Waals surface area contributed by atoms with Gasteiger partial charge in [-0.1, -0.05) is 12.1 Å². The van der Waals surface area contributed by atoms with Gasteiger partial charge in [0.2, 0.25) is 10.0 Å². The third kappa shape index (κ3) is 4.99. The molecule has 140 valence electrons. The van der Waals surface area contributed by atoms with E-state index < -0.39 is 16.6 Å². The van der Waals surface area contributed by atoms with Crippen molar-refractivity contribution in [3.05, 3.63) is 59.7 Å². The maximum Gasteiger partial charge on any atom is 0.387 e. The summed E-state index contributed by atoms with van der Waals surface area (Å²) in [4.78, 5) is 12.3. The SMILES string of the molecule is CNS(=O)(=O)c1ccc(C(=O)NC(C)c2ccc(OC(F)F)cc2)cc1. The van der Waals surface area contributed by atoms with Crippen LogP contribution in [0.2, 0.25) is 0 Å². The van der Waals surface area contributed by atoms with Gasteiger partial charge >= 0.3 is 6.61 Å². The molecule has 0 saturated heterocycles. The molecule has 2 rings (SSSR count). The fourth-order valence-electron chi connectivity index (χ4n) is 2.20. The van der Waals surface area contributed by atoms with Gasteiger partial charge in [-0.25, -0.2) is 13.1 Å². The van der Waals surface area contributed by atoms with Crippen molar-refractivity contribution in [2.45, 2.75) is 24.5 Å². The highest BCUT2D eigenvalue weighted by atomic mass is 32.2. The van der Waals surface area contributed by atoms with E-state index in [-0.39, 0.29) is 22.6 Å². The topological polar surface area (TPSA) is 84.5 Å². The number of alkyl halides is 2. The number of benzene rings is 2. The molecule has 2 N–H and O–H groups in total. The smallest absolute Gasteiger partial charge is 0.387 e. The molecule has 6 nitrogen and oxygen atoms in total. The minimum Gasteiger partial charge on any atom is -0.435 e. The van der Waals surface area contributed by atoms with Gasteiger partial charge in [-0.2, -0.15) is 8.78 Å². The van der Waals surface area contributed by atoms with Crippen molar-refractivity contribution in [1.82, 2.24) is 10.0 Å². The number of sulfonamides is 1. The summed E-state index contributed by atoms with van der Waals surface area (Å²) in [6.07, 6.45) is 0. The van der Waals surface area contributed by atoms with E-state index in [0.717, 1.165) is 0 Å². The second-order valence-electron chi connectivity index (χ2n) is 5.37. The van der Waals surface area contributed by atoms with Gasteiger partial charge in [0, 0.05) is 5.56 Å². The van der Waals surface area contributed by atoms with E-state index in [4.69, 9.17) is 0 Å². The number of nitrogens with one attached hydrogen (secondary N) is 2. The highest BCUT2D eigenvalue weighted by Gasteiger charge is 2.15. The Morgan fingerprint density at radius 2 is 1.62 bits per heavy atom. The zero-order valence-electron chi connectivity index (χ0n) is 14.1. The van der Waals surface area contributed by atoms with Gasteiger partial charge in [0.15, 0.2) is 0 Å². The molecular weight excluding hydrogens is 366 g/mol. The van der Waals surface area contributed by atoms with E-state index in [1.165, 1.54) is 43.4 Å². The van der Waals surface area contributed by atoms with Crippen molar-refractivity contribution in [3.63, 3.8) is 0 Å². The summed E-state index contributed by atoms with van der Waals surface area (Å²) in [5, 5.41) is 2.75. The van der Waals surface area contributed by atoms with Crippen LogP contribution in [0.4, 0.5) is 8.78 Å². The van der Waals surface area contributed by atoms with Crippen molar-refractivity contribution < 1.29 is 26.7 Å².